The molecule has 0 saturated carbocycles. The molecule has 2 rings (SSSR count). The summed E-state index contributed by atoms with van der Waals surface area (Å²) >= 11 is 0. The van der Waals surface area contributed by atoms with Crippen molar-refractivity contribution in [2.24, 2.45) is 0 Å². The van der Waals surface area contributed by atoms with E-state index in [2.05, 4.69) is 10.0 Å². The maximum Gasteiger partial charge on any atom is 0.261 e. The second kappa shape index (κ2) is 8.45. The molecule has 2 aromatic carbocycles. The van der Waals surface area contributed by atoms with Crippen molar-refractivity contribution in [3.05, 3.63) is 54.1 Å². The number of likely N-dealkylation sites (N-methyl/N-ethyl adjacent to an activating group) is 1. The van der Waals surface area contributed by atoms with Crippen LogP contribution in [0.3, 0.4) is 0 Å². The van der Waals surface area contributed by atoms with Crippen molar-refractivity contribution in [1.82, 2.24) is 4.90 Å². The van der Waals surface area contributed by atoms with Crippen LogP contribution in [0.4, 0.5) is 20.2 Å². The van der Waals surface area contributed by atoms with E-state index < -0.39 is 26.6 Å². The third-order valence-corrected chi connectivity index (χ3v) is 5.28. The van der Waals surface area contributed by atoms with Gasteiger partial charge in [0.1, 0.15) is 0 Å². The van der Waals surface area contributed by atoms with E-state index in [9.17, 15) is 22.0 Å². The van der Waals surface area contributed by atoms with Crippen molar-refractivity contribution in [3.8, 4) is 0 Å². The summed E-state index contributed by atoms with van der Waals surface area (Å²) in [5.41, 5.74) is 0.727. The van der Waals surface area contributed by atoms with Crippen LogP contribution in [-0.2, 0) is 14.8 Å². The summed E-state index contributed by atoms with van der Waals surface area (Å²) in [5.74, 6) is -2.57. The van der Waals surface area contributed by atoms with Gasteiger partial charge in [-0.3, -0.25) is 14.4 Å². The predicted molar refractivity (Wildman–Crippen MR) is 100 cm³/mol. The van der Waals surface area contributed by atoms with Crippen molar-refractivity contribution < 1.29 is 22.0 Å². The van der Waals surface area contributed by atoms with E-state index in [4.69, 9.17) is 0 Å². The zero-order chi connectivity index (χ0) is 20.2. The average Bonchev–Trinajstić information content (AvgIpc) is 2.58. The molecule has 0 aromatic heterocycles. The van der Waals surface area contributed by atoms with E-state index in [-0.39, 0.29) is 24.2 Å². The molecule has 9 heteroatoms. The second-order valence-corrected chi connectivity index (χ2v) is 8.00. The number of hydrogen-bond donors (Lipinski definition) is 2. The van der Waals surface area contributed by atoms with Gasteiger partial charge in [-0.15, -0.1) is 0 Å². The highest BCUT2D eigenvalue weighted by atomic mass is 32.2. The molecule has 0 heterocycles. The van der Waals surface area contributed by atoms with Crippen LogP contribution in [0.15, 0.2) is 47.4 Å². The highest BCUT2D eigenvalue weighted by Crippen LogP contribution is 2.20. The minimum Gasteiger partial charge on any atom is -0.325 e. The number of rotatable bonds is 7. The van der Waals surface area contributed by atoms with Gasteiger partial charge in [0.2, 0.25) is 5.91 Å². The SMILES string of the molecule is CC(C)N(C)CC(=O)Nc1ccc(NS(=O)(=O)c2ccc(F)c(F)c2)cc1. The number of nitrogens with zero attached hydrogens (tertiary/aromatic N) is 1. The molecule has 0 radical (unpaired) electrons. The Hall–Kier alpha value is -2.52. The summed E-state index contributed by atoms with van der Waals surface area (Å²) in [6.45, 7) is 4.17. The molecule has 146 valence electrons. The second-order valence-electron chi connectivity index (χ2n) is 6.32. The maximum absolute atomic E-state index is 13.3. The highest BCUT2D eigenvalue weighted by molar-refractivity contribution is 7.92. The van der Waals surface area contributed by atoms with E-state index in [1.807, 2.05) is 25.8 Å². The number of nitrogens with one attached hydrogen (secondary N) is 2. The number of hydrogen-bond acceptors (Lipinski definition) is 4. The molecule has 0 aliphatic heterocycles. The summed E-state index contributed by atoms with van der Waals surface area (Å²) in [6, 6.07) is 8.55. The summed E-state index contributed by atoms with van der Waals surface area (Å²) in [4.78, 5) is 13.4. The largest absolute Gasteiger partial charge is 0.325 e. The first-order chi connectivity index (χ1) is 12.6. The first-order valence-corrected chi connectivity index (χ1v) is 9.65. The molecular formula is C18H21F2N3O3S. The van der Waals surface area contributed by atoms with Crippen LogP contribution in [0.25, 0.3) is 0 Å². The molecule has 0 aliphatic rings. The zero-order valence-electron chi connectivity index (χ0n) is 15.2. The summed E-state index contributed by atoms with van der Waals surface area (Å²) < 4.78 is 53.0. The molecule has 6 nitrogen and oxygen atoms in total. The fourth-order valence-electron chi connectivity index (χ4n) is 2.09. The lowest BCUT2D eigenvalue weighted by Gasteiger charge is -2.20. The Morgan fingerprint density at radius 3 is 2.19 bits per heavy atom. The maximum atomic E-state index is 13.3. The van der Waals surface area contributed by atoms with E-state index in [1.165, 1.54) is 24.3 Å². The highest BCUT2D eigenvalue weighted by Gasteiger charge is 2.17. The normalized spacial score (nSPS) is 11.7. The lowest BCUT2D eigenvalue weighted by molar-refractivity contribution is -0.117. The van der Waals surface area contributed by atoms with E-state index in [1.54, 1.807) is 0 Å². The average molecular weight is 397 g/mol. The molecular weight excluding hydrogens is 376 g/mol. The van der Waals surface area contributed by atoms with Crippen molar-refractivity contribution >= 4 is 27.3 Å². The molecule has 2 aromatic rings. The van der Waals surface area contributed by atoms with Crippen LogP contribution < -0.4 is 10.0 Å². The Bertz CT molecular complexity index is 916. The smallest absolute Gasteiger partial charge is 0.261 e. The van der Waals surface area contributed by atoms with Crippen LogP contribution in [-0.4, -0.2) is 38.9 Å². The molecule has 0 spiro atoms. The number of carbonyl (C=O) groups is 1. The van der Waals surface area contributed by atoms with Crippen LogP contribution >= 0.6 is 0 Å². The van der Waals surface area contributed by atoms with Crippen LogP contribution in [0.1, 0.15) is 13.8 Å². The lowest BCUT2D eigenvalue weighted by Crippen LogP contribution is -2.34. The van der Waals surface area contributed by atoms with Crippen molar-refractivity contribution in [1.29, 1.82) is 0 Å². The van der Waals surface area contributed by atoms with Crippen LogP contribution in [0.2, 0.25) is 0 Å². The summed E-state index contributed by atoms with van der Waals surface area (Å²) in [5, 5.41) is 2.71. The topological polar surface area (TPSA) is 78.5 Å². The first-order valence-electron chi connectivity index (χ1n) is 8.16. The monoisotopic (exact) mass is 397 g/mol. The Morgan fingerprint density at radius 2 is 1.63 bits per heavy atom. The number of benzene rings is 2. The minimum atomic E-state index is -4.06. The van der Waals surface area contributed by atoms with Crippen molar-refractivity contribution in [2.75, 3.05) is 23.6 Å². The third-order valence-electron chi connectivity index (χ3n) is 3.90. The first kappa shape index (κ1) is 20.8. The number of amides is 1. The summed E-state index contributed by atoms with van der Waals surface area (Å²) in [6.07, 6.45) is 0. The Balaban J connectivity index is 2.04. The van der Waals surface area contributed by atoms with E-state index >= 15 is 0 Å². The van der Waals surface area contributed by atoms with Crippen LogP contribution in [0, 0.1) is 11.6 Å². The molecule has 0 saturated heterocycles. The van der Waals surface area contributed by atoms with Gasteiger partial charge in [0.25, 0.3) is 10.0 Å². The van der Waals surface area contributed by atoms with E-state index in [0.29, 0.717) is 11.8 Å². The van der Waals surface area contributed by atoms with Gasteiger partial charge in [-0.2, -0.15) is 0 Å². The fourth-order valence-corrected chi connectivity index (χ4v) is 3.16. The van der Waals surface area contributed by atoms with Gasteiger partial charge in [-0.1, -0.05) is 0 Å². The number of halogens is 2. The molecule has 27 heavy (non-hydrogen) atoms. The molecule has 0 bridgehead atoms. The van der Waals surface area contributed by atoms with Crippen LogP contribution in [0.5, 0.6) is 0 Å². The number of carbonyl (C=O) groups excluding carboxylic acids is 1. The minimum absolute atomic E-state index is 0.193. The fraction of sp³-hybridized carbons (Fsp3) is 0.278. The lowest BCUT2D eigenvalue weighted by atomic mass is 10.3. The number of sulfonamides is 1. The quantitative estimate of drug-likeness (QED) is 0.753. The molecule has 2 N–H and O–H groups in total. The summed E-state index contributed by atoms with van der Waals surface area (Å²) in [7, 11) is -2.23. The molecule has 1 amide bonds. The van der Waals surface area contributed by atoms with Gasteiger partial charge in [-0.05, 0) is 63.4 Å². The molecule has 0 atom stereocenters. The van der Waals surface area contributed by atoms with E-state index in [0.717, 1.165) is 12.1 Å². The van der Waals surface area contributed by atoms with Gasteiger partial charge >= 0.3 is 0 Å². The molecule has 0 unspecified atom stereocenters. The number of anilines is 2. The standard InChI is InChI=1S/C18H21F2N3O3S/c1-12(2)23(3)11-18(24)21-13-4-6-14(7-5-13)22-27(25,26)15-8-9-16(19)17(20)10-15/h4-10,12,22H,11H2,1-3H3,(H,21,24). The Labute approximate surface area is 157 Å². The molecule has 0 aliphatic carbocycles. The van der Waals surface area contributed by atoms with Gasteiger partial charge < -0.3 is 5.32 Å². The van der Waals surface area contributed by atoms with Crippen molar-refractivity contribution in [2.45, 2.75) is 24.8 Å². The van der Waals surface area contributed by atoms with Crippen molar-refractivity contribution in [3.63, 3.8) is 0 Å². The van der Waals surface area contributed by atoms with Gasteiger partial charge in [0.15, 0.2) is 11.6 Å². The Kier molecular flexibility index (Phi) is 6.50. The Morgan fingerprint density at radius 1 is 1.04 bits per heavy atom. The van der Waals surface area contributed by atoms with Gasteiger partial charge in [-0.25, -0.2) is 17.2 Å². The van der Waals surface area contributed by atoms with Gasteiger partial charge in [0.05, 0.1) is 11.4 Å². The zero-order valence-corrected chi connectivity index (χ0v) is 16.0. The molecule has 0 fully saturated rings. The van der Waals surface area contributed by atoms with Gasteiger partial charge in [0, 0.05) is 17.4 Å². The third kappa shape index (κ3) is 5.73. The predicted octanol–water partition coefficient (Wildman–Crippen LogP) is 3.04.